The van der Waals surface area contributed by atoms with Crippen molar-refractivity contribution in [2.75, 3.05) is 12.5 Å². The third-order valence-electron chi connectivity index (χ3n) is 0.940. The molecule has 1 atom stereocenters. The fourth-order valence-electron chi connectivity index (χ4n) is 0.415. The number of halogens is 1. The minimum Gasteiger partial charge on any atom is -0.481 e. The van der Waals surface area contributed by atoms with Crippen LogP contribution >= 0.6 is 11.6 Å². The van der Waals surface area contributed by atoms with E-state index in [-0.39, 0.29) is 24.8 Å². The van der Waals surface area contributed by atoms with Gasteiger partial charge in [-0.15, -0.1) is 11.6 Å². The molecule has 0 aliphatic rings. The van der Waals surface area contributed by atoms with Crippen molar-refractivity contribution in [3.63, 3.8) is 0 Å². The monoisotopic (exact) mass is 152 g/mol. The molecule has 0 unspecified atom stereocenters. The highest BCUT2D eigenvalue weighted by molar-refractivity contribution is 6.18. The Hall–Kier alpha value is -0.280. The molecule has 0 bridgehead atoms. The zero-order valence-corrected chi connectivity index (χ0v) is 5.64. The first-order valence-corrected chi connectivity index (χ1v) is 3.12. The lowest BCUT2D eigenvalue weighted by molar-refractivity contribution is -0.138. The average Bonchev–Trinajstić information content (AvgIpc) is 1.82. The lowest BCUT2D eigenvalue weighted by atomic mass is 10.1. The van der Waals surface area contributed by atoms with Gasteiger partial charge < -0.3 is 10.2 Å². The largest absolute Gasteiger partial charge is 0.481 e. The smallest absolute Gasteiger partial charge is 0.303 e. The van der Waals surface area contributed by atoms with Crippen LogP contribution in [0.2, 0.25) is 0 Å². The maximum atomic E-state index is 9.96. The number of aliphatic carboxylic acids is 1. The molecule has 0 aliphatic carbocycles. The molecule has 0 heterocycles. The van der Waals surface area contributed by atoms with Crippen LogP contribution in [0.5, 0.6) is 0 Å². The summed E-state index contributed by atoms with van der Waals surface area (Å²) in [6.07, 6.45) is -0.0556. The van der Waals surface area contributed by atoms with Gasteiger partial charge >= 0.3 is 5.97 Å². The quantitative estimate of drug-likeness (QED) is 0.570. The molecule has 0 fully saturated rings. The molecule has 0 aromatic rings. The zero-order valence-electron chi connectivity index (χ0n) is 4.88. The minimum atomic E-state index is -0.922. The van der Waals surface area contributed by atoms with Crippen LogP contribution in [0.1, 0.15) is 6.42 Å². The highest BCUT2D eigenvalue weighted by Crippen LogP contribution is 2.03. The van der Waals surface area contributed by atoms with Crippen molar-refractivity contribution < 1.29 is 15.0 Å². The summed E-state index contributed by atoms with van der Waals surface area (Å²) in [4.78, 5) is 9.96. The summed E-state index contributed by atoms with van der Waals surface area (Å²) in [5.74, 6) is -1.03. The number of carbonyl (C=O) groups is 1. The second-order valence-corrected chi connectivity index (χ2v) is 2.11. The molecule has 0 aliphatic heterocycles. The Morgan fingerprint density at radius 3 is 2.33 bits per heavy atom. The normalized spacial score (nSPS) is 13.1. The van der Waals surface area contributed by atoms with Gasteiger partial charge in [0.15, 0.2) is 0 Å². The Balaban J connectivity index is 3.43. The van der Waals surface area contributed by atoms with Crippen LogP contribution < -0.4 is 0 Å². The molecule has 0 amide bonds. The summed E-state index contributed by atoms with van der Waals surface area (Å²) in [6, 6.07) is 0. The van der Waals surface area contributed by atoms with E-state index in [2.05, 4.69) is 0 Å². The van der Waals surface area contributed by atoms with Crippen LogP contribution in [0.15, 0.2) is 0 Å². The molecule has 0 spiro atoms. The van der Waals surface area contributed by atoms with Crippen molar-refractivity contribution in [3.05, 3.63) is 0 Å². The van der Waals surface area contributed by atoms with Crippen molar-refractivity contribution in [1.82, 2.24) is 0 Å². The summed E-state index contributed by atoms with van der Waals surface area (Å²) >= 11 is 5.29. The van der Waals surface area contributed by atoms with Gasteiger partial charge in [-0.05, 0) is 0 Å². The van der Waals surface area contributed by atoms with Gasteiger partial charge in [0.05, 0.1) is 6.42 Å². The van der Waals surface area contributed by atoms with Crippen molar-refractivity contribution in [3.8, 4) is 0 Å². The first kappa shape index (κ1) is 8.72. The average molecular weight is 153 g/mol. The van der Waals surface area contributed by atoms with E-state index in [4.69, 9.17) is 21.8 Å². The van der Waals surface area contributed by atoms with Crippen LogP contribution in [0.4, 0.5) is 0 Å². The molecule has 9 heavy (non-hydrogen) atoms. The standard InChI is InChI=1S/C5H9ClO3/c6-2-4(3-7)1-5(8)9/h4,7H,1-3H2,(H,8,9)/t4-/m1/s1. The van der Waals surface area contributed by atoms with Crippen LogP contribution in [-0.4, -0.2) is 28.7 Å². The lowest BCUT2D eigenvalue weighted by Crippen LogP contribution is -2.12. The van der Waals surface area contributed by atoms with Crippen molar-refractivity contribution in [2.24, 2.45) is 5.92 Å². The van der Waals surface area contributed by atoms with E-state index >= 15 is 0 Å². The second kappa shape index (κ2) is 4.58. The molecule has 0 rings (SSSR count). The summed E-state index contributed by atoms with van der Waals surface area (Å²) < 4.78 is 0. The van der Waals surface area contributed by atoms with Crippen LogP contribution in [-0.2, 0) is 4.79 Å². The Labute approximate surface area is 58.3 Å². The number of carboxylic acid groups (broad SMARTS) is 1. The minimum absolute atomic E-state index is 0.0556. The Morgan fingerprint density at radius 2 is 2.22 bits per heavy atom. The number of alkyl halides is 1. The van der Waals surface area contributed by atoms with Gasteiger partial charge in [-0.25, -0.2) is 0 Å². The van der Waals surface area contributed by atoms with Crippen LogP contribution in [0, 0.1) is 5.92 Å². The number of hydrogen-bond donors (Lipinski definition) is 2. The van der Waals surface area contributed by atoms with Gasteiger partial charge in [-0.2, -0.15) is 0 Å². The van der Waals surface area contributed by atoms with Gasteiger partial charge in [0.2, 0.25) is 0 Å². The van der Waals surface area contributed by atoms with E-state index in [0.717, 1.165) is 0 Å². The number of hydrogen-bond acceptors (Lipinski definition) is 2. The van der Waals surface area contributed by atoms with E-state index in [1.807, 2.05) is 0 Å². The van der Waals surface area contributed by atoms with Gasteiger partial charge in [0.25, 0.3) is 0 Å². The topological polar surface area (TPSA) is 57.5 Å². The van der Waals surface area contributed by atoms with Gasteiger partial charge in [0.1, 0.15) is 0 Å². The van der Waals surface area contributed by atoms with Gasteiger partial charge in [-0.3, -0.25) is 4.79 Å². The summed E-state index contributed by atoms with van der Waals surface area (Å²) in [6.45, 7) is -0.157. The lowest BCUT2D eigenvalue weighted by Gasteiger charge is -2.04. The summed E-state index contributed by atoms with van der Waals surface area (Å²) in [5.41, 5.74) is 0. The zero-order chi connectivity index (χ0) is 7.28. The van der Waals surface area contributed by atoms with Crippen molar-refractivity contribution >= 4 is 17.6 Å². The fourth-order valence-corrected chi connectivity index (χ4v) is 0.622. The number of aliphatic hydroxyl groups excluding tert-OH is 1. The van der Waals surface area contributed by atoms with Gasteiger partial charge in [-0.1, -0.05) is 0 Å². The molecular formula is C5H9ClO3. The SMILES string of the molecule is O=C(O)C[C@@H](CO)CCl. The maximum Gasteiger partial charge on any atom is 0.303 e. The number of rotatable bonds is 4. The third kappa shape index (κ3) is 4.24. The van der Waals surface area contributed by atoms with E-state index in [9.17, 15) is 4.79 Å². The predicted molar refractivity (Wildman–Crippen MR) is 33.5 cm³/mol. The Morgan fingerprint density at radius 1 is 1.67 bits per heavy atom. The molecule has 0 aromatic carbocycles. The Bertz CT molecular complexity index is 90.2. The van der Waals surface area contributed by atoms with Crippen molar-refractivity contribution in [1.29, 1.82) is 0 Å². The van der Waals surface area contributed by atoms with E-state index in [0.29, 0.717) is 0 Å². The van der Waals surface area contributed by atoms with E-state index in [1.54, 1.807) is 0 Å². The van der Waals surface area contributed by atoms with Gasteiger partial charge in [0, 0.05) is 18.4 Å². The first-order chi connectivity index (χ1) is 4.20. The molecule has 4 heteroatoms. The second-order valence-electron chi connectivity index (χ2n) is 1.80. The maximum absolute atomic E-state index is 9.96. The summed E-state index contributed by atoms with van der Waals surface area (Å²) in [5, 5.41) is 16.6. The number of carboxylic acids is 1. The fraction of sp³-hybridized carbons (Fsp3) is 0.800. The first-order valence-electron chi connectivity index (χ1n) is 2.59. The highest BCUT2D eigenvalue weighted by Gasteiger charge is 2.09. The molecule has 0 saturated carbocycles. The van der Waals surface area contributed by atoms with Crippen LogP contribution in [0.25, 0.3) is 0 Å². The molecule has 0 saturated heterocycles. The summed E-state index contributed by atoms with van der Waals surface area (Å²) in [7, 11) is 0. The third-order valence-corrected chi connectivity index (χ3v) is 1.38. The predicted octanol–water partition coefficient (Wildman–Crippen LogP) is 0.308. The molecule has 2 N–H and O–H groups in total. The van der Waals surface area contributed by atoms with Crippen LogP contribution in [0.3, 0.4) is 0 Å². The highest BCUT2D eigenvalue weighted by atomic mass is 35.5. The Kier molecular flexibility index (Phi) is 4.44. The van der Waals surface area contributed by atoms with E-state index in [1.165, 1.54) is 0 Å². The van der Waals surface area contributed by atoms with Crippen molar-refractivity contribution in [2.45, 2.75) is 6.42 Å². The molecule has 3 nitrogen and oxygen atoms in total. The molecule has 54 valence electrons. The number of aliphatic hydroxyl groups is 1. The molecular weight excluding hydrogens is 144 g/mol. The molecule has 0 radical (unpaired) electrons. The van der Waals surface area contributed by atoms with E-state index < -0.39 is 5.97 Å². The molecule has 0 aromatic heterocycles.